The first kappa shape index (κ1) is 31.9. The van der Waals surface area contributed by atoms with Crippen LogP contribution in [0.4, 0.5) is 30.7 Å². The van der Waals surface area contributed by atoms with Gasteiger partial charge in [0, 0.05) is 43.3 Å². The van der Waals surface area contributed by atoms with Gasteiger partial charge in [-0.25, -0.2) is 23.5 Å². The molecule has 11 nitrogen and oxygen atoms in total. The van der Waals surface area contributed by atoms with E-state index in [2.05, 4.69) is 15.0 Å². The van der Waals surface area contributed by atoms with Crippen molar-refractivity contribution in [3.05, 3.63) is 97.4 Å². The lowest BCUT2D eigenvalue weighted by molar-refractivity contribution is -0.149. The molecule has 0 N–H and O–H groups in total. The maximum absolute atomic E-state index is 14.8. The largest absolute Gasteiger partial charge is 0.463 e. The minimum Gasteiger partial charge on any atom is -0.463 e. The summed E-state index contributed by atoms with van der Waals surface area (Å²) in [6.45, 7) is -1.65. The maximum Gasteiger partial charge on any atom is 0.431 e. The Morgan fingerprint density at radius 3 is 2.43 bits per heavy atom. The molecule has 19 heteroatoms. The molecule has 0 atom stereocenters. The summed E-state index contributed by atoms with van der Waals surface area (Å²) in [6.07, 6.45) is -6.80. The van der Waals surface area contributed by atoms with Gasteiger partial charge in [0.2, 0.25) is 5.88 Å². The number of halogens is 8. The van der Waals surface area contributed by atoms with E-state index in [1.807, 2.05) is 0 Å². The third-order valence-electron chi connectivity index (χ3n) is 5.57. The van der Waals surface area contributed by atoms with Crippen molar-refractivity contribution in [2.24, 2.45) is 7.05 Å². The van der Waals surface area contributed by atoms with Crippen molar-refractivity contribution in [1.82, 2.24) is 24.1 Å². The standard InChI is InChI=1S/C25H15ClF7N5O6/c1-37-17(25(31,32)33)8-18(39)38(23(37)41)20-15(27)7-14(26)21(36-20)44-16-3-2-5-35-22(16)43-11-19(40)42-10-12-9-34-6-4-13(12)24(28,29)30/h2-9H,10-11H2,1H3. The quantitative estimate of drug-likeness (QED) is 0.201. The second-order valence-electron chi connectivity index (χ2n) is 8.51. The smallest absolute Gasteiger partial charge is 0.431 e. The SMILES string of the molecule is Cn1c(C(F)(F)F)cc(=O)n(-c2nc(Oc3cccnc3OCC(=O)OCc3cnccc3C(F)(F)F)c(Cl)cc2F)c1=O. The van der Waals surface area contributed by atoms with Crippen molar-refractivity contribution in [2.45, 2.75) is 19.0 Å². The predicted molar refractivity (Wildman–Crippen MR) is 134 cm³/mol. The summed E-state index contributed by atoms with van der Waals surface area (Å²) in [5.74, 6) is -4.91. The summed E-state index contributed by atoms with van der Waals surface area (Å²) in [7, 11) is 0.711. The van der Waals surface area contributed by atoms with Gasteiger partial charge in [-0.3, -0.25) is 14.3 Å². The Balaban J connectivity index is 1.55. The molecule has 4 aromatic heterocycles. The number of rotatable bonds is 8. The summed E-state index contributed by atoms with van der Waals surface area (Å²) in [4.78, 5) is 48.3. The molecule has 0 bridgehead atoms. The number of hydrogen-bond donors (Lipinski definition) is 0. The third-order valence-corrected chi connectivity index (χ3v) is 5.84. The van der Waals surface area contributed by atoms with Crippen LogP contribution in [0.5, 0.6) is 17.5 Å². The monoisotopic (exact) mass is 649 g/mol. The van der Waals surface area contributed by atoms with Gasteiger partial charge in [-0.2, -0.15) is 31.3 Å². The van der Waals surface area contributed by atoms with Crippen LogP contribution in [0.15, 0.2) is 58.5 Å². The molecule has 232 valence electrons. The molecule has 0 radical (unpaired) electrons. The summed E-state index contributed by atoms with van der Waals surface area (Å²) in [5.41, 5.74) is -6.20. The minimum absolute atomic E-state index is 0.0247. The predicted octanol–water partition coefficient (Wildman–Crippen LogP) is 4.47. The number of pyridine rings is 3. The average Bonchev–Trinajstić information content (AvgIpc) is 2.94. The summed E-state index contributed by atoms with van der Waals surface area (Å²) in [6, 6.07) is 3.88. The number of nitrogens with zero attached hydrogens (tertiary/aromatic N) is 5. The van der Waals surface area contributed by atoms with E-state index in [9.17, 15) is 45.1 Å². The van der Waals surface area contributed by atoms with Crippen molar-refractivity contribution in [2.75, 3.05) is 6.61 Å². The van der Waals surface area contributed by atoms with E-state index in [0.717, 1.165) is 12.4 Å². The summed E-state index contributed by atoms with van der Waals surface area (Å²) in [5, 5.41) is -0.519. The highest BCUT2D eigenvalue weighted by atomic mass is 35.5. The number of carbonyl (C=O) groups excluding carboxylic acids is 1. The van der Waals surface area contributed by atoms with Crippen LogP contribution in [0.25, 0.3) is 5.82 Å². The Bertz CT molecular complexity index is 1840. The maximum atomic E-state index is 14.8. The molecule has 0 spiro atoms. The van der Waals surface area contributed by atoms with Crippen LogP contribution >= 0.6 is 11.6 Å². The zero-order valence-corrected chi connectivity index (χ0v) is 22.5. The molecule has 0 fully saturated rings. The first-order valence-electron chi connectivity index (χ1n) is 11.8. The fraction of sp³-hybridized carbons (Fsp3) is 0.200. The first-order chi connectivity index (χ1) is 20.6. The van der Waals surface area contributed by atoms with E-state index in [4.69, 9.17) is 25.8 Å². The van der Waals surface area contributed by atoms with Gasteiger partial charge in [0.15, 0.2) is 24.0 Å². The van der Waals surface area contributed by atoms with Crippen molar-refractivity contribution in [1.29, 1.82) is 0 Å². The molecule has 4 heterocycles. The highest BCUT2D eigenvalue weighted by molar-refractivity contribution is 6.31. The Kier molecular flexibility index (Phi) is 8.93. The third kappa shape index (κ3) is 6.96. The van der Waals surface area contributed by atoms with Gasteiger partial charge in [0.05, 0.1) is 5.56 Å². The molecule has 44 heavy (non-hydrogen) atoms. The van der Waals surface area contributed by atoms with E-state index in [-0.39, 0.29) is 21.0 Å². The molecule has 0 unspecified atom stereocenters. The van der Waals surface area contributed by atoms with Crippen molar-refractivity contribution in [3.8, 4) is 23.3 Å². The number of aromatic nitrogens is 5. The normalized spacial score (nSPS) is 11.8. The number of hydrogen-bond acceptors (Lipinski definition) is 9. The van der Waals surface area contributed by atoms with Gasteiger partial charge in [-0.1, -0.05) is 11.6 Å². The van der Waals surface area contributed by atoms with E-state index >= 15 is 0 Å². The minimum atomic E-state index is -5.07. The van der Waals surface area contributed by atoms with E-state index < -0.39 is 88.0 Å². The number of alkyl halides is 6. The zero-order valence-electron chi connectivity index (χ0n) is 21.7. The average molecular weight is 650 g/mol. The first-order valence-corrected chi connectivity index (χ1v) is 12.1. The Hall–Kier alpha value is -5.00. The zero-order chi connectivity index (χ0) is 32.4. The number of esters is 1. The Morgan fingerprint density at radius 1 is 1.02 bits per heavy atom. The van der Waals surface area contributed by atoms with Gasteiger partial charge in [-0.05, 0) is 18.2 Å². The van der Waals surface area contributed by atoms with Crippen LogP contribution < -0.4 is 20.7 Å². The van der Waals surface area contributed by atoms with Crippen LogP contribution in [-0.2, 0) is 35.5 Å². The molecule has 0 amide bonds. The van der Waals surface area contributed by atoms with Gasteiger partial charge in [-0.15, -0.1) is 0 Å². The second-order valence-corrected chi connectivity index (χ2v) is 8.92. The van der Waals surface area contributed by atoms with Crippen molar-refractivity contribution < 1.29 is 49.7 Å². The van der Waals surface area contributed by atoms with Gasteiger partial charge in [0.25, 0.3) is 11.4 Å². The number of carbonyl (C=O) groups is 1. The number of ether oxygens (including phenoxy) is 3. The van der Waals surface area contributed by atoms with Crippen molar-refractivity contribution >= 4 is 17.6 Å². The summed E-state index contributed by atoms with van der Waals surface area (Å²) >= 11 is 5.99. The molecule has 4 aromatic rings. The van der Waals surface area contributed by atoms with Crippen LogP contribution in [0, 0.1) is 5.82 Å². The van der Waals surface area contributed by atoms with E-state index in [1.165, 1.54) is 18.3 Å². The van der Waals surface area contributed by atoms with E-state index in [1.54, 1.807) is 0 Å². The molecule has 0 saturated carbocycles. The lowest BCUT2D eigenvalue weighted by Gasteiger charge is -2.15. The fourth-order valence-electron chi connectivity index (χ4n) is 3.57. The van der Waals surface area contributed by atoms with Crippen LogP contribution in [0.1, 0.15) is 16.8 Å². The lowest BCUT2D eigenvalue weighted by Crippen LogP contribution is -2.41. The molecule has 4 rings (SSSR count). The van der Waals surface area contributed by atoms with Gasteiger partial charge < -0.3 is 14.2 Å². The molecular weight excluding hydrogens is 635 g/mol. The highest BCUT2D eigenvalue weighted by Crippen LogP contribution is 2.34. The Labute approximate surface area is 245 Å². The van der Waals surface area contributed by atoms with Gasteiger partial charge in [0.1, 0.15) is 17.3 Å². The summed E-state index contributed by atoms with van der Waals surface area (Å²) < 4.78 is 109. The van der Waals surface area contributed by atoms with Gasteiger partial charge >= 0.3 is 24.0 Å². The molecule has 0 saturated heterocycles. The van der Waals surface area contributed by atoms with E-state index in [0.29, 0.717) is 19.2 Å². The molecular formula is C25H15ClF7N5O6. The van der Waals surface area contributed by atoms with Crippen LogP contribution in [-0.4, -0.2) is 36.7 Å². The highest BCUT2D eigenvalue weighted by Gasteiger charge is 2.36. The van der Waals surface area contributed by atoms with Crippen LogP contribution in [0.3, 0.4) is 0 Å². The lowest BCUT2D eigenvalue weighted by atomic mass is 10.1. The Morgan fingerprint density at radius 2 is 1.75 bits per heavy atom. The van der Waals surface area contributed by atoms with Crippen molar-refractivity contribution in [3.63, 3.8) is 0 Å². The molecule has 0 aliphatic rings. The molecule has 0 aliphatic heterocycles. The molecule has 0 aromatic carbocycles. The molecule has 0 aliphatic carbocycles. The second kappa shape index (κ2) is 12.3. The fourth-order valence-corrected chi connectivity index (χ4v) is 3.75. The topological polar surface area (TPSA) is 127 Å². The van der Waals surface area contributed by atoms with Crippen LogP contribution in [0.2, 0.25) is 5.02 Å².